The second kappa shape index (κ2) is 10.7. The average Bonchev–Trinajstić information content (AvgIpc) is 3.32. The van der Waals surface area contributed by atoms with Gasteiger partial charge in [0.2, 0.25) is 5.91 Å². The van der Waals surface area contributed by atoms with Crippen LogP contribution in [0.2, 0.25) is 0 Å². The first-order chi connectivity index (χ1) is 17.2. The summed E-state index contributed by atoms with van der Waals surface area (Å²) in [5.41, 5.74) is 8.15. The molecule has 0 unspecified atom stereocenters. The topological polar surface area (TPSA) is 93.9 Å². The highest BCUT2D eigenvalue weighted by molar-refractivity contribution is 5.92. The van der Waals surface area contributed by atoms with Gasteiger partial charge in [0.05, 0.1) is 11.7 Å². The third-order valence-electron chi connectivity index (χ3n) is 5.99. The number of carbonyl (C=O) groups is 2. The Kier molecular flexibility index (Phi) is 7.48. The van der Waals surface area contributed by atoms with E-state index in [0.717, 1.165) is 29.7 Å². The Morgan fingerprint density at radius 3 is 2.39 bits per heavy atom. The summed E-state index contributed by atoms with van der Waals surface area (Å²) in [7, 11) is 0. The largest absolute Gasteiger partial charge is 0.455 e. The number of hydrogen-bond donors (Lipinski definition) is 2. The van der Waals surface area contributed by atoms with Gasteiger partial charge in [-0.1, -0.05) is 36.4 Å². The van der Waals surface area contributed by atoms with E-state index >= 15 is 0 Å². The van der Waals surface area contributed by atoms with Gasteiger partial charge >= 0.3 is 6.09 Å². The fraction of sp³-hybridized carbons (Fsp3) is 0.310. The number of ether oxygens (including phenoxy) is 2. The Morgan fingerprint density at radius 2 is 1.72 bits per heavy atom. The van der Waals surface area contributed by atoms with Crippen LogP contribution in [0.5, 0.6) is 11.5 Å². The molecular formula is C29H33N3O4. The number of nitrogens with one attached hydrogen (secondary N) is 1. The molecule has 3 aromatic carbocycles. The molecular weight excluding hydrogens is 454 g/mol. The van der Waals surface area contributed by atoms with E-state index in [9.17, 15) is 9.59 Å². The van der Waals surface area contributed by atoms with E-state index in [-0.39, 0.29) is 12.1 Å². The standard InChI is InChI=1S/C29H33N3O4/c1-29(2,3)36-28(34)32-17-7-10-23(32)19-31-25-16-13-22(20-8-5-4-6-9-20)18-26(25)35-24-14-11-21(12-15-24)27(30)33/h4-6,8-9,11-16,18,23,31H,7,10,17,19H2,1-3H3,(H2,30,33)/t23-/m0/s1. The minimum absolute atomic E-state index is 0.0244. The first-order valence-corrected chi connectivity index (χ1v) is 12.2. The number of hydrogen-bond acceptors (Lipinski definition) is 5. The Labute approximate surface area is 212 Å². The van der Waals surface area contributed by atoms with E-state index < -0.39 is 11.5 Å². The maximum atomic E-state index is 12.7. The van der Waals surface area contributed by atoms with Crippen LogP contribution in [-0.2, 0) is 4.74 Å². The maximum absolute atomic E-state index is 12.7. The SMILES string of the molecule is CC(C)(C)OC(=O)N1CCC[C@H]1CNc1ccc(-c2ccccc2)cc1Oc1ccc(C(N)=O)cc1. The maximum Gasteiger partial charge on any atom is 0.410 e. The predicted molar refractivity (Wildman–Crippen MR) is 141 cm³/mol. The first-order valence-electron chi connectivity index (χ1n) is 12.2. The van der Waals surface area contributed by atoms with E-state index in [4.69, 9.17) is 15.2 Å². The number of amides is 2. The third-order valence-corrected chi connectivity index (χ3v) is 5.99. The van der Waals surface area contributed by atoms with Gasteiger partial charge in [-0.25, -0.2) is 4.79 Å². The molecule has 0 radical (unpaired) electrons. The van der Waals surface area contributed by atoms with Gasteiger partial charge in [-0.15, -0.1) is 0 Å². The van der Waals surface area contributed by atoms with Crippen LogP contribution in [-0.4, -0.2) is 41.6 Å². The molecule has 3 aromatic rings. The molecule has 1 saturated heterocycles. The van der Waals surface area contributed by atoms with Crippen molar-refractivity contribution in [2.75, 3.05) is 18.4 Å². The monoisotopic (exact) mass is 487 g/mol. The minimum Gasteiger partial charge on any atom is -0.455 e. The number of carbonyl (C=O) groups excluding carboxylic acids is 2. The molecule has 36 heavy (non-hydrogen) atoms. The van der Waals surface area contributed by atoms with Gasteiger partial charge in [0.25, 0.3) is 0 Å². The van der Waals surface area contributed by atoms with Gasteiger partial charge in [0, 0.05) is 18.7 Å². The van der Waals surface area contributed by atoms with E-state index in [1.807, 2.05) is 69.3 Å². The molecule has 1 atom stereocenters. The lowest BCUT2D eigenvalue weighted by molar-refractivity contribution is 0.0235. The van der Waals surface area contributed by atoms with Crippen LogP contribution in [0.3, 0.4) is 0 Å². The second-order valence-corrected chi connectivity index (χ2v) is 9.92. The van der Waals surface area contributed by atoms with E-state index in [1.165, 1.54) is 0 Å². The van der Waals surface area contributed by atoms with Crippen LogP contribution in [0.1, 0.15) is 44.0 Å². The second-order valence-electron chi connectivity index (χ2n) is 9.92. The van der Waals surface area contributed by atoms with Crippen molar-refractivity contribution in [1.82, 2.24) is 4.90 Å². The number of primary amides is 1. The van der Waals surface area contributed by atoms with Gasteiger partial charge in [-0.05, 0) is 81.1 Å². The van der Waals surface area contributed by atoms with Gasteiger partial charge in [0.15, 0.2) is 5.75 Å². The Morgan fingerprint density at radius 1 is 1.00 bits per heavy atom. The number of nitrogens with zero attached hydrogens (tertiary/aromatic N) is 1. The fourth-order valence-corrected chi connectivity index (χ4v) is 4.21. The number of likely N-dealkylation sites (tertiary alicyclic amines) is 1. The fourth-order valence-electron chi connectivity index (χ4n) is 4.21. The summed E-state index contributed by atoms with van der Waals surface area (Å²) in [6.45, 7) is 6.89. The number of nitrogens with two attached hydrogens (primary N) is 1. The molecule has 0 bridgehead atoms. The van der Waals surface area contributed by atoms with E-state index in [2.05, 4.69) is 5.32 Å². The van der Waals surface area contributed by atoms with Gasteiger partial charge in [0.1, 0.15) is 11.4 Å². The van der Waals surface area contributed by atoms with Crippen molar-refractivity contribution < 1.29 is 19.1 Å². The van der Waals surface area contributed by atoms with Crippen LogP contribution in [0.4, 0.5) is 10.5 Å². The highest BCUT2D eigenvalue weighted by Crippen LogP contribution is 2.35. The van der Waals surface area contributed by atoms with Gasteiger partial charge in [-0.2, -0.15) is 0 Å². The Hall–Kier alpha value is -4.00. The van der Waals surface area contributed by atoms with Crippen molar-refractivity contribution in [2.24, 2.45) is 5.73 Å². The summed E-state index contributed by atoms with van der Waals surface area (Å²) in [6, 6.07) is 22.8. The van der Waals surface area contributed by atoms with Crippen molar-refractivity contribution in [3.8, 4) is 22.6 Å². The highest BCUT2D eigenvalue weighted by Gasteiger charge is 2.32. The molecule has 7 heteroatoms. The van der Waals surface area contributed by atoms with Crippen LogP contribution in [0.25, 0.3) is 11.1 Å². The zero-order valence-corrected chi connectivity index (χ0v) is 21.0. The normalized spacial score (nSPS) is 15.4. The molecule has 1 heterocycles. The summed E-state index contributed by atoms with van der Waals surface area (Å²) in [5.74, 6) is 0.746. The van der Waals surface area contributed by atoms with Crippen LogP contribution in [0.15, 0.2) is 72.8 Å². The van der Waals surface area contributed by atoms with Crippen molar-refractivity contribution in [2.45, 2.75) is 45.3 Å². The van der Waals surface area contributed by atoms with Crippen LogP contribution >= 0.6 is 0 Å². The molecule has 0 saturated carbocycles. The molecule has 7 nitrogen and oxygen atoms in total. The molecule has 0 spiro atoms. The third kappa shape index (κ3) is 6.36. The Balaban J connectivity index is 1.55. The molecule has 0 aromatic heterocycles. The smallest absolute Gasteiger partial charge is 0.410 e. The number of rotatable bonds is 7. The lowest BCUT2D eigenvalue weighted by atomic mass is 10.0. The summed E-state index contributed by atoms with van der Waals surface area (Å²) < 4.78 is 11.8. The lowest BCUT2D eigenvalue weighted by Crippen LogP contribution is -2.42. The zero-order valence-electron chi connectivity index (χ0n) is 21.0. The molecule has 2 amide bonds. The summed E-state index contributed by atoms with van der Waals surface area (Å²) in [5, 5.41) is 3.48. The molecule has 0 aliphatic carbocycles. The highest BCUT2D eigenvalue weighted by atomic mass is 16.6. The molecule has 3 N–H and O–H groups in total. The van der Waals surface area contributed by atoms with Gasteiger partial charge < -0.3 is 25.4 Å². The average molecular weight is 488 g/mol. The van der Waals surface area contributed by atoms with E-state index in [0.29, 0.717) is 30.2 Å². The van der Waals surface area contributed by atoms with Crippen molar-refractivity contribution in [3.05, 3.63) is 78.4 Å². The number of anilines is 1. The molecule has 1 fully saturated rings. The van der Waals surface area contributed by atoms with Crippen LogP contribution in [0, 0.1) is 0 Å². The van der Waals surface area contributed by atoms with Crippen molar-refractivity contribution in [1.29, 1.82) is 0 Å². The lowest BCUT2D eigenvalue weighted by Gasteiger charge is -2.29. The van der Waals surface area contributed by atoms with Crippen LogP contribution < -0.4 is 15.8 Å². The summed E-state index contributed by atoms with van der Waals surface area (Å²) in [6.07, 6.45) is 1.56. The minimum atomic E-state index is -0.532. The molecule has 1 aliphatic heterocycles. The van der Waals surface area contributed by atoms with Crippen molar-refractivity contribution in [3.63, 3.8) is 0 Å². The van der Waals surface area contributed by atoms with Crippen molar-refractivity contribution >= 4 is 17.7 Å². The van der Waals surface area contributed by atoms with E-state index in [1.54, 1.807) is 29.2 Å². The summed E-state index contributed by atoms with van der Waals surface area (Å²) >= 11 is 0. The first kappa shape index (κ1) is 25.1. The predicted octanol–water partition coefficient (Wildman–Crippen LogP) is 6.06. The number of benzene rings is 3. The summed E-state index contributed by atoms with van der Waals surface area (Å²) in [4.78, 5) is 25.9. The Bertz CT molecular complexity index is 1200. The quantitative estimate of drug-likeness (QED) is 0.423. The zero-order chi connectivity index (χ0) is 25.7. The molecule has 4 rings (SSSR count). The van der Waals surface area contributed by atoms with Gasteiger partial charge in [-0.3, -0.25) is 4.79 Å². The molecule has 188 valence electrons. The molecule has 1 aliphatic rings.